The second kappa shape index (κ2) is 6.04. The molecule has 0 bridgehead atoms. The minimum atomic E-state index is -0.236. The fourth-order valence-electron chi connectivity index (χ4n) is 2.68. The smallest absolute Gasteiger partial charge is 0.128 e. The average Bonchev–Trinajstić information content (AvgIpc) is 2.63. The molecule has 1 aliphatic rings. The number of nitrogens with zero attached hydrogens (tertiary/aromatic N) is 3. The largest absolute Gasteiger partial charge is 0.393 e. The minimum Gasteiger partial charge on any atom is -0.393 e. The molecule has 1 fully saturated rings. The number of aliphatic hydroxyl groups excluding tert-OH is 1. The van der Waals surface area contributed by atoms with Crippen LogP contribution in [0.2, 0.25) is 5.15 Å². The first-order chi connectivity index (χ1) is 8.58. The standard InChI is InChI=1S/C13H22ClN3O/c1-10(18)7-11-5-3-4-6-17(11)9-13-15-8-12(14)16(13)2/h8,10-11,18H,3-7,9H2,1-2H3. The van der Waals surface area contributed by atoms with Gasteiger partial charge in [0.25, 0.3) is 0 Å². The van der Waals surface area contributed by atoms with Crippen LogP contribution in [0.25, 0.3) is 0 Å². The van der Waals surface area contributed by atoms with Crippen molar-refractivity contribution in [3.63, 3.8) is 0 Å². The third-order valence-electron chi connectivity index (χ3n) is 3.73. The van der Waals surface area contributed by atoms with Crippen molar-refractivity contribution in [2.45, 2.75) is 51.3 Å². The van der Waals surface area contributed by atoms with E-state index in [2.05, 4.69) is 9.88 Å². The van der Waals surface area contributed by atoms with Crippen LogP contribution in [0.5, 0.6) is 0 Å². The van der Waals surface area contributed by atoms with Gasteiger partial charge in [0.05, 0.1) is 18.8 Å². The monoisotopic (exact) mass is 271 g/mol. The van der Waals surface area contributed by atoms with E-state index in [1.165, 1.54) is 19.3 Å². The maximum atomic E-state index is 9.58. The number of imidazole rings is 1. The van der Waals surface area contributed by atoms with Crippen LogP contribution in [0.3, 0.4) is 0 Å². The van der Waals surface area contributed by atoms with Crippen LogP contribution < -0.4 is 0 Å². The van der Waals surface area contributed by atoms with Crippen molar-refractivity contribution in [3.8, 4) is 0 Å². The zero-order valence-corrected chi connectivity index (χ0v) is 11.9. The molecule has 1 saturated heterocycles. The molecule has 0 radical (unpaired) electrons. The lowest BCUT2D eigenvalue weighted by molar-refractivity contribution is 0.0794. The quantitative estimate of drug-likeness (QED) is 0.913. The number of rotatable bonds is 4. The van der Waals surface area contributed by atoms with Crippen LogP contribution >= 0.6 is 11.6 Å². The van der Waals surface area contributed by atoms with E-state index in [1.54, 1.807) is 6.20 Å². The number of halogens is 1. The van der Waals surface area contributed by atoms with Crippen LogP contribution in [-0.4, -0.2) is 38.2 Å². The van der Waals surface area contributed by atoms with Crippen LogP contribution in [0.1, 0.15) is 38.4 Å². The lowest BCUT2D eigenvalue weighted by atomic mass is 9.97. The molecule has 0 aliphatic carbocycles. The molecule has 0 aromatic carbocycles. The normalized spacial score (nSPS) is 23.2. The van der Waals surface area contributed by atoms with E-state index in [9.17, 15) is 5.11 Å². The maximum Gasteiger partial charge on any atom is 0.128 e. The molecule has 18 heavy (non-hydrogen) atoms. The second-order valence-corrected chi connectivity index (χ2v) is 5.65. The van der Waals surface area contributed by atoms with Gasteiger partial charge in [-0.3, -0.25) is 4.90 Å². The summed E-state index contributed by atoms with van der Waals surface area (Å²) in [5.41, 5.74) is 0. The third kappa shape index (κ3) is 3.25. The summed E-state index contributed by atoms with van der Waals surface area (Å²) < 4.78 is 1.93. The van der Waals surface area contributed by atoms with Gasteiger partial charge >= 0.3 is 0 Å². The van der Waals surface area contributed by atoms with Gasteiger partial charge in [-0.15, -0.1) is 0 Å². The van der Waals surface area contributed by atoms with Crippen molar-refractivity contribution < 1.29 is 5.11 Å². The first kappa shape index (κ1) is 13.8. The summed E-state index contributed by atoms with van der Waals surface area (Å²) in [6.45, 7) is 3.77. The summed E-state index contributed by atoms with van der Waals surface area (Å²) in [5.74, 6) is 0.998. The highest BCUT2D eigenvalue weighted by molar-refractivity contribution is 6.29. The molecule has 1 aliphatic heterocycles. The second-order valence-electron chi connectivity index (χ2n) is 5.26. The molecule has 4 nitrogen and oxygen atoms in total. The molecule has 0 amide bonds. The van der Waals surface area contributed by atoms with Gasteiger partial charge < -0.3 is 9.67 Å². The Labute approximate surface area is 114 Å². The van der Waals surface area contributed by atoms with E-state index in [4.69, 9.17) is 11.6 Å². The van der Waals surface area contributed by atoms with Gasteiger partial charge in [-0.05, 0) is 32.7 Å². The van der Waals surface area contributed by atoms with Gasteiger partial charge in [0.15, 0.2) is 0 Å². The molecular weight excluding hydrogens is 250 g/mol. The zero-order valence-electron chi connectivity index (χ0n) is 11.1. The van der Waals surface area contributed by atoms with Crippen molar-refractivity contribution in [1.82, 2.24) is 14.5 Å². The van der Waals surface area contributed by atoms with Crippen LogP contribution in [0.15, 0.2) is 6.20 Å². The van der Waals surface area contributed by atoms with Crippen LogP contribution in [-0.2, 0) is 13.6 Å². The topological polar surface area (TPSA) is 41.3 Å². The molecule has 2 unspecified atom stereocenters. The summed E-state index contributed by atoms with van der Waals surface area (Å²) in [4.78, 5) is 6.78. The Morgan fingerprint density at radius 1 is 1.56 bits per heavy atom. The van der Waals surface area contributed by atoms with Crippen LogP contribution in [0, 0.1) is 0 Å². The van der Waals surface area contributed by atoms with E-state index in [0.717, 1.165) is 25.3 Å². The van der Waals surface area contributed by atoms with E-state index in [-0.39, 0.29) is 6.10 Å². The molecule has 2 rings (SSSR count). The van der Waals surface area contributed by atoms with Gasteiger partial charge in [-0.1, -0.05) is 18.0 Å². The SMILES string of the molecule is CC(O)CC1CCCCN1Cc1ncc(Cl)n1C. The number of hydrogen-bond acceptors (Lipinski definition) is 3. The van der Waals surface area contributed by atoms with Gasteiger partial charge in [-0.2, -0.15) is 0 Å². The Morgan fingerprint density at radius 2 is 2.33 bits per heavy atom. The van der Waals surface area contributed by atoms with Gasteiger partial charge in [0.1, 0.15) is 11.0 Å². The number of aliphatic hydroxyl groups is 1. The molecule has 0 spiro atoms. The lowest BCUT2D eigenvalue weighted by Gasteiger charge is -2.36. The first-order valence-corrected chi connectivity index (χ1v) is 7.04. The Hall–Kier alpha value is -0.580. The van der Waals surface area contributed by atoms with E-state index in [0.29, 0.717) is 11.2 Å². The number of likely N-dealkylation sites (tertiary alicyclic amines) is 1. The van der Waals surface area contributed by atoms with E-state index >= 15 is 0 Å². The molecule has 1 aromatic heterocycles. The average molecular weight is 272 g/mol. The van der Waals surface area contributed by atoms with Gasteiger partial charge in [-0.25, -0.2) is 4.98 Å². The number of piperidine rings is 1. The summed E-state index contributed by atoms with van der Waals surface area (Å²) in [5, 5.41) is 10.3. The Morgan fingerprint density at radius 3 is 2.94 bits per heavy atom. The molecule has 2 atom stereocenters. The predicted molar refractivity (Wildman–Crippen MR) is 72.6 cm³/mol. The fourth-order valence-corrected chi connectivity index (χ4v) is 2.83. The first-order valence-electron chi connectivity index (χ1n) is 6.66. The van der Waals surface area contributed by atoms with E-state index in [1.807, 2.05) is 18.5 Å². The summed E-state index contributed by atoms with van der Waals surface area (Å²) in [6.07, 6.45) is 5.97. The number of aromatic nitrogens is 2. The Balaban J connectivity index is 2.03. The minimum absolute atomic E-state index is 0.236. The zero-order chi connectivity index (χ0) is 13.1. The van der Waals surface area contributed by atoms with Gasteiger partial charge in [0.2, 0.25) is 0 Å². The highest BCUT2D eigenvalue weighted by Gasteiger charge is 2.24. The van der Waals surface area contributed by atoms with Crippen molar-refractivity contribution in [2.75, 3.05) is 6.54 Å². The molecule has 5 heteroatoms. The fraction of sp³-hybridized carbons (Fsp3) is 0.769. The van der Waals surface area contributed by atoms with Crippen molar-refractivity contribution in [3.05, 3.63) is 17.2 Å². The van der Waals surface area contributed by atoms with Crippen molar-refractivity contribution >= 4 is 11.6 Å². The third-order valence-corrected chi connectivity index (χ3v) is 4.09. The summed E-state index contributed by atoms with van der Waals surface area (Å²) in [7, 11) is 1.94. The molecule has 0 saturated carbocycles. The predicted octanol–water partition coefficient (Wildman–Crippen LogP) is 2.20. The molecular formula is C13H22ClN3O. The highest BCUT2D eigenvalue weighted by atomic mass is 35.5. The molecule has 2 heterocycles. The maximum absolute atomic E-state index is 9.58. The molecule has 102 valence electrons. The molecule has 1 aromatic rings. The summed E-state index contributed by atoms with van der Waals surface area (Å²) >= 11 is 6.01. The van der Waals surface area contributed by atoms with E-state index < -0.39 is 0 Å². The lowest BCUT2D eigenvalue weighted by Crippen LogP contribution is -2.41. The molecule has 1 N–H and O–H groups in total. The van der Waals surface area contributed by atoms with Crippen LogP contribution in [0.4, 0.5) is 0 Å². The Kier molecular flexibility index (Phi) is 4.65. The van der Waals surface area contributed by atoms with Crippen molar-refractivity contribution in [1.29, 1.82) is 0 Å². The Bertz CT molecular complexity index is 392. The highest BCUT2D eigenvalue weighted by Crippen LogP contribution is 2.23. The number of hydrogen-bond donors (Lipinski definition) is 1. The van der Waals surface area contributed by atoms with Crippen molar-refractivity contribution in [2.24, 2.45) is 7.05 Å². The summed E-state index contributed by atoms with van der Waals surface area (Å²) in [6, 6.07) is 0.467. The van der Waals surface area contributed by atoms with Gasteiger partial charge in [0, 0.05) is 13.1 Å².